The Hall–Kier alpha value is 0. The predicted octanol–water partition coefficient (Wildman–Crippen LogP) is 19.4. The van der Waals surface area contributed by atoms with Gasteiger partial charge in [-0.3, -0.25) is 0 Å². The highest BCUT2D eigenvalue weighted by atomic mass is 14.1. The molecule has 0 saturated carbocycles. The highest BCUT2D eigenvalue weighted by Gasteiger charge is 2.03. The van der Waals surface area contributed by atoms with Gasteiger partial charge in [0.2, 0.25) is 0 Å². The van der Waals surface area contributed by atoms with Crippen LogP contribution in [0.25, 0.3) is 0 Å². The van der Waals surface area contributed by atoms with Crippen molar-refractivity contribution in [1.29, 1.82) is 0 Å². The van der Waals surface area contributed by atoms with Gasteiger partial charge in [0.25, 0.3) is 0 Å². The maximum Gasteiger partial charge on any atom is -0.0358 e. The minimum atomic E-state index is 0.838. The molecular weight excluding hydrogens is 601 g/mol. The van der Waals surface area contributed by atoms with Crippen LogP contribution >= 0.6 is 0 Å². The van der Waals surface area contributed by atoms with Crippen LogP contribution in [-0.2, 0) is 0 Å². The Labute approximate surface area is 321 Å². The molecule has 0 fully saturated rings. The molecule has 0 aliphatic heterocycles. The van der Waals surface area contributed by atoms with Crippen molar-refractivity contribution in [2.45, 2.75) is 310 Å². The zero-order chi connectivity index (χ0) is 36.1. The van der Waals surface area contributed by atoms with E-state index in [0.717, 1.165) is 5.92 Å². The number of hydrogen-bond donors (Lipinski definition) is 0. The fraction of sp³-hybridized carbons (Fsp3) is 0.980. The highest BCUT2D eigenvalue weighted by Crippen LogP contribution is 2.20. The first-order valence-electron chi connectivity index (χ1n) is 24.6. The van der Waals surface area contributed by atoms with Gasteiger partial charge in [-0.1, -0.05) is 303 Å². The maximum absolute atomic E-state index is 2.65. The zero-order valence-corrected chi connectivity index (χ0v) is 36.0. The molecule has 0 amide bonds. The third-order valence-corrected chi connectivity index (χ3v) is 11.9. The fourth-order valence-electron chi connectivity index (χ4n) is 8.17. The Balaban J connectivity index is 3.13. The lowest BCUT2D eigenvalue weighted by Gasteiger charge is -2.11. The van der Waals surface area contributed by atoms with Gasteiger partial charge >= 0.3 is 0 Å². The Kier molecular flexibility index (Phi) is 47.0. The van der Waals surface area contributed by atoms with E-state index in [1.165, 1.54) is 289 Å². The molecule has 0 rings (SSSR count). The standard InChI is InChI=1S/C50H101/c1-4-6-8-10-12-14-16-18-20-22-24-25-26-27-28-29-30-31-33-35-37-39-41-43-45-47-49-50(3)48-46-44-42-40-38-36-34-32-23-21-19-17-15-13-11-9-7-5-2/h49-50H,4-48H2,1-3H3. The van der Waals surface area contributed by atoms with E-state index in [1.54, 1.807) is 0 Å². The second kappa shape index (κ2) is 47.0. The van der Waals surface area contributed by atoms with E-state index in [-0.39, 0.29) is 0 Å². The van der Waals surface area contributed by atoms with Crippen molar-refractivity contribution in [1.82, 2.24) is 0 Å². The van der Waals surface area contributed by atoms with Gasteiger partial charge in [0.1, 0.15) is 0 Å². The summed E-state index contributed by atoms with van der Waals surface area (Å²) in [6, 6.07) is 0. The summed E-state index contributed by atoms with van der Waals surface area (Å²) in [6.07, 6.45) is 68.9. The van der Waals surface area contributed by atoms with Gasteiger partial charge in [-0.15, -0.1) is 0 Å². The average Bonchev–Trinajstić information content (AvgIpc) is 3.12. The van der Waals surface area contributed by atoms with Crippen molar-refractivity contribution < 1.29 is 0 Å². The summed E-state index contributed by atoms with van der Waals surface area (Å²) < 4.78 is 0. The Morgan fingerprint density at radius 1 is 0.240 bits per heavy atom. The van der Waals surface area contributed by atoms with E-state index >= 15 is 0 Å². The largest absolute Gasteiger partial charge is 0.0654 e. The normalized spacial score (nSPS) is 12.3. The lowest BCUT2D eigenvalue weighted by molar-refractivity contribution is 0.494. The molecule has 0 aliphatic rings. The smallest absolute Gasteiger partial charge is 0.0358 e. The van der Waals surface area contributed by atoms with Crippen LogP contribution in [0.15, 0.2) is 0 Å². The summed E-state index contributed by atoms with van der Waals surface area (Å²) in [4.78, 5) is 0. The lowest BCUT2D eigenvalue weighted by atomic mass is 9.95. The van der Waals surface area contributed by atoms with Crippen molar-refractivity contribution in [3.8, 4) is 0 Å². The average molecular weight is 702 g/mol. The lowest BCUT2D eigenvalue weighted by Crippen LogP contribution is -1.96. The van der Waals surface area contributed by atoms with Crippen molar-refractivity contribution in [3.05, 3.63) is 6.42 Å². The molecule has 0 aromatic rings. The third-order valence-electron chi connectivity index (χ3n) is 11.9. The van der Waals surface area contributed by atoms with Crippen molar-refractivity contribution in [2.75, 3.05) is 0 Å². The minimum absolute atomic E-state index is 0.838. The van der Waals surface area contributed by atoms with Gasteiger partial charge in [0.05, 0.1) is 0 Å². The van der Waals surface area contributed by atoms with Crippen LogP contribution < -0.4 is 0 Å². The topological polar surface area (TPSA) is 0 Å². The summed E-state index contributed by atoms with van der Waals surface area (Å²) in [7, 11) is 0. The molecule has 0 nitrogen and oxygen atoms in total. The summed E-state index contributed by atoms with van der Waals surface area (Å²) >= 11 is 0. The summed E-state index contributed by atoms with van der Waals surface area (Å²) in [5.41, 5.74) is 0. The van der Waals surface area contributed by atoms with Gasteiger partial charge in [-0.2, -0.15) is 0 Å². The molecule has 0 aromatic carbocycles. The third kappa shape index (κ3) is 46.0. The molecule has 1 atom stereocenters. The second-order valence-corrected chi connectivity index (χ2v) is 17.3. The van der Waals surface area contributed by atoms with Crippen LogP contribution in [-0.4, -0.2) is 0 Å². The van der Waals surface area contributed by atoms with Crippen molar-refractivity contribution in [3.63, 3.8) is 0 Å². The molecule has 1 unspecified atom stereocenters. The Morgan fingerprint density at radius 3 is 0.640 bits per heavy atom. The molecule has 0 spiro atoms. The van der Waals surface area contributed by atoms with E-state index in [0.29, 0.717) is 0 Å². The van der Waals surface area contributed by atoms with Crippen LogP contribution in [0.5, 0.6) is 0 Å². The van der Waals surface area contributed by atoms with Crippen molar-refractivity contribution >= 4 is 0 Å². The molecule has 50 heavy (non-hydrogen) atoms. The molecule has 301 valence electrons. The van der Waals surface area contributed by atoms with Gasteiger partial charge in [-0.05, 0) is 18.8 Å². The van der Waals surface area contributed by atoms with Crippen molar-refractivity contribution in [2.24, 2.45) is 5.92 Å². The molecule has 0 heteroatoms. The molecule has 1 radical (unpaired) electrons. The number of hydrogen-bond acceptors (Lipinski definition) is 0. The van der Waals surface area contributed by atoms with E-state index in [9.17, 15) is 0 Å². The highest BCUT2D eigenvalue weighted by molar-refractivity contribution is 4.72. The second-order valence-electron chi connectivity index (χ2n) is 17.3. The fourth-order valence-corrected chi connectivity index (χ4v) is 8.17. The van der Waals surface area contributed by atoms with E-state index in [2.05, 4.69) is 27.2 Å². The van der Waals surface area contributed by atoms with Crippen LogP contribution in [0.3, 0.4) is 0 Å². The summed E-state index contributed by atoms with van der Waals surface area (Å²) in [5, 5.41) is 0. The van der Waals surface area contributed by atoms with Gasteiger partial charge in [0, 0.05) is 0 Å². The van der Waals surface area contributed by atoms with Gasteiger partial charge in [-0.25, -0.2) is 0 Å². The monoisotopic (exact) mass is 702 g/mol. The first-order chi connectivity index (χ1) is 24.8. The van der Waals surface area contributed by atoms with Crippen LogP contribution in [0, 0.1) is 12.3 Å². The summed E-state index contributed by atoms with van der Waals surface area (Å²) in [6.45, 7) is 7.09. The molecular formula is C50H101. The first kappa shape index (κ1) is 50.0. The molecule has 0 bridgehead atoms. The Morgan fingerprint density at radius 2 is 0.420 bits per heavy atom. The molecule has 0 N–H and O–H groups in total. The maximum atomic E-state index is 2.65. The van der Waals surface area contributed by atoms with E-state index in [4.69, 9.17) is 0 Å². The molecule has 0 saturated heterocycles. The zero-order valence-electron chi connectivity index (χ0n) is 36.0. The quantitative estimate of drug-likeness (QED) is 0.0554. The van der Waals surface area contributed by atoms with E-state index in [1.807, 2.05) is 0 Å². The van der Waals surface area contributed by atoms with Gasteiger partial charge in [0.15, 0.2) is 0 Å². The van der Waals surface area contributed by atoms with E-state index < -0.39 is 0 Å². The molecule has 0 heterocycles. The first-order valence-corrected chi connectivity index (χ1v) is 24.6. The molecule has 0 aliphatic carbocycles. The molecule has 0 aromatic heterocycles. The summed E-state index contributed by atoms with van der Waals surface area (Å²) in [5.74, 6) is 0.838. The minimum Gasteiger partial charge on any atom is -0.0654 e. The number of rotatable bonds is 46. The SMILES string of the molecule is CCCCCCCCCCCCCCCCCCCCCCCCCCC[CH]C(C)CCCCCCCCCCCCCCCCCCCC. The van der Waals surface area contributed by atoms with Crippen LogP contribution in [0.1, 0.15) is 310 Å². The predicted molar refractivity (Wildman–Crippen MR) is 233 cm³/mol. The van der Waals surface area contributed by atoms with Gasteiger partial charge < -0.3 is 0 Å². The Bertz CT molecular complexity index is 550. The van der Waals surface area contributed by atoms with Crippen LogP contribution in [0.2, 0.25) is 0 Å². The van der Waals surface area contributed by atoms with Crippen LogP contribution in [0.4, 0.5) is 0 Å². The number of unbranched alkanes of at least 4 members (excludes halogenated alkanes) is 42.